The van der Waals surface area contributed by atoms with Crippen LogP contribution in [-0.2, 0) is 4.79 Å². The first kappa shape index (κ1) is 14.6. The van der Waals surface area contributed by atoms with E-state index in [1.54, 1.807) is 25.2 Å². The van der Waals surface area contributed by atoms with Gasteiger partial charge in [0.1, 0.15) is 0 Å². The van der Waals surface area contributed by atoms with Crippen LogP contribution in [0.15, 0.2) is 29.2 Å². The van der Waals surface area contributed by atoms with Crippen molar-refractivity contribution >= 4 is 24.4 Å². The highest BCUT2D eigenvalue weighted by atomic mass is 32.1. The monoisotopic (exact) mass is 266 g/mol. The summed E-state index contributed by atoms with van der Waals surface area (Å²) >= 11 is 4.23. The van der Waals surface area contributed by atoms with Crippen LogP contribution in [0.3, 0.4) is 0 Å². The van der Waals surface area contributed by atoms with Gasteiger partial charge >= 0.3 is 0 Å². The summed E-state index contributed by atoms with van der Waals surface area (Å²) in [5.41, 5.74) is 0.506. The summed E-state index contributed by atoms with van der Waals surface area (Å²) in [6, 6.07) is 7.04. The lowest BCUT2D eigenvalue weighted by Gasteiger charge is -2.17. The normalized spacial score (nSPS) is 9.94. The van der Waals surface area contributed by atoms with Crippen molar-refractivity contribution in [1.29, 1.82) is 0 Å². The molecule has 0 aliphatic heterocycles. The summed E-state index contributed by atoms with van der Waals surface area (Å²) in [6.45, 7) is 2.66. The molecular formula is C13H18N2O2S. The second kappa shape index (κ2) is 7.06. The summed E-state index contributed by atoms with van der Waals surface area (Å²) in [5, 5.41) is 2.73. The molecule has 0 saturated heterocycles. The van der Waals surface area contributed by atoms with Gasteiger partial charge in [-0.25, -0.2) is 0 Å². The number of carbonyl (C=O) groups excluding carboxylic acids is 2. The van der Waals surface area contributed by atoms with E-state index in [1.807, 2.05) is 13.0 Å². The molecule has 0 atom stereocenters. The van der Waals surface area contributed by atoms with Gasteiger partial charge < -0.3 is 10.2 Å². The average Bonchev–Trinajstić information content (AvgIpc) is 2.36. The summed E-state index contributed by atoms with van der Waals surface area (Å²) in [5.74, 6) is -0.350. The number of amides is 2. The Labute approximate surface area is 113 Å². The molecule has 2 amide bonds. The van der Waals surface area contributed by atoms with Crippen molar-refractivity contribution in [2.24, 2.45) is 0 Å². The number of hydrogen-bond acceptors (Lipinski definition) is 3. The second-order valence-electron chi connectivity index (χ2n) is 4.03. The molecule has 98 valence electrons. The van der Waals surface area contributed by atoms with Gasteiger partial charge in [0.15, 0.2) is 0 Å². The minimum Gasteiger partial charge on any atom is -0.355 e. The lowest BCUT2D eigenvalue weighted by Crippen LogP contribution is -2.38. The van der Waals surface area contributed by atoms with Crippen molar-refractivity contribution in [2.45, 2.75) is 18.2 Å². The first-order valence-corrected chi connectivity index (χ1v) is 6.31. The van der Waals surface area contributed by atoms with Crippen molar-refractivity contribution < 1.29 is 9.59 Å². The third-order valence-electron chi connectivity index (χ3n) is 2.43. The first-order chi connectivity index (χ1) is 8.56. The lowest BCUT2D eigenvalue weighted by molar-refractivity contribution is -0.121. The molecule has 5 heteroatoms. The van der Waals surface area contributed by atoms with Crippen LogP contribution in [0.5, 0.6) is 0 Å². The van der Waals surface area contributed by atoms with Crippen LogP contribution >= 0.6 is 12.6 Å². The largest absolute Gasteiger partial charge is 0.355 e. The maximum atomic E-state index is 12.1. The van der Waals surface area contributed by atoms with E-state index in [4.69, 9.17) is 0 Å². The van der Waals surface area contributed by atoms with E-state index in [0.717, 1.165) is 6.42 Å². The zero-order valence-electron chi connectivity index (χ0n) is 10.6. The van der Waals surface area contributed by atoms with Gasteiger partial charge in [-0.1, -0.05) is 19.1 Å². The Hall–Kier alpha value is -1.49. The third-order valence-corrected chi connectivity index (χ3v) is 2.82. The lowest BCUT2D eigenvalue weighted by atomic mass is 10.2. The number of nitrogens with one attached hydrogen (secondary N) is 1. The van der Waals surface area contributed by atoms with Crippen LogP contribution in [0.4, 0.5) is 0 Å². The van der Waals surface area contributed by atoms with E-state index in [2.05, 4.69) is 17.9 Å². The maximum Gasteiger partial charge on any atom is 0.255 e. The van der Waals surface area contributed by atoms with Crippen molar-refractivity contribution in [1.82, 2.24) is 10.2 Å². The van der Waals surface area contributed by atoms with Gasteiger partial charge in [-0.2, -0.15) is 0 Å². The van der Waals surface area contributed by atoms with Crippen LogP contribution in [0.2, 0.25) is 0 Å². The fraction of sp³-hybridized carbons (Fsp3) is 0.385. The molecule has 4 nitrogen and oxygen atoms in total. The molecule has 0 radical (unpaired) electrons. The van der Waals surface area contributed by atoms with Gasteiger partial charge in [-0.15, -0.1) is 12.6 Å². The summed E-state index contributed by atoms with van der Waals surface area (Å²) in [6.07, 6.45) is 0.878. The molecule has 0 aliphatic rings. The van der Waals surface area contributed by atoms with Crippen LogP contribution in [0.25, 0.3) is 0 Å². The van der Waals surface area contributed by atoms with Gasteiger partial charge in [0.25, 0.3) is 5.91 Å². The number of benzene rings is 1. The SMILES string of the molecule is CCCNC(=O)CN(C)C(=O)c1ccccc1S. The average molecular weight is 266 g/mol. The molecule has 0 aromatic heterocycles. The van der Waals surface area contributed by atoms with Crippen molar-refractivity contribution in [3.8, 4) is 0 Å². The Balaban J connectivity index is 2.62. The highest BCUT2D eigenvalue weighted by Gasteiger charge is 2.16. The molecule has 1 aromatic rings. The number of hydrogen-bond donors (Lipinski definition) is 2. The van der Waals surface area contributed by atoms with Crippen LogP contribution in [0.1, 0.15) is 23.7 Å². The van der Waals surface area contributed by atoms with Gasteiger partial charge in [-0.3, -0.25) is 9.59 Å². The molecule has 1 aromatic carbocycles. The third kappa shape index (κ3) is 4.07. The van der Waals surface area contributed by atoms with Crippen LogP contribution < -0.4 is 5.32 Å². The molecule has 1 N–H and O–H groups in total. The van der Waals surface area contributed by atoms with E-state index < -0.39 is 0 Å². The van der Waals surface area contributed by atoms with Crippen molar-refractivity contribution in [3.05, 3.63) is 29.8 Å². The predicted octanol–water partition coefficient (Wildman–Crippen LogP) is 1.57. The van der Waals surface area contributed by atoms with E-state index in [1.165, 1.54) is 4.90 Å². The number of carbonyl (C=O) groups is 2. The fourth-order valence-corrected chi connectivity index (χ4v) is 1.72. The standard InChI is InChI=1S/C13H18N2O2S/c1-3-8-14-12(16)9-15(2)13(17)10-6-4-5-7-11(10)18/h4-7,18H,3,8-9H2,1-2H3,(H,14,16). The van der Waals surface area contributed by atoms with Gasteiger partial charge in [0.05, 0.1) is 12.1 Å². The van der Waals surface area contributed by atoms with Gasteiger partial charge in [0.2, 0.25) is 5.91 Å². The highest BCUT2D eigenvalue weighted by Crippen LogP contribution is 2.14. The van der Waals surface area contributed by atoms with E-state index in [9.17, 15) is 9.59 Å². The molecule has 0 unspecified atom stereocenters. The summed E-state index contributed by atoms with van der Waals surface area (Å²) in [4.78, 5) is 25.6. The van der Waals surface area contributed by atoms with Gasteiger partial charge in [0, 0.05) is 18.5 Å². The molecule has 0 bridgehead atoms. The minimum atomic E-state index is -0.202. The van der Waals surface area contributed by atoms with E-state index >= 15 is 0 Å². The van der Waals surface area contributed by atoms with Crippen LogP contribution in [-0.4, -0.2) is 36.9 Å². The topological polar surface area (TPSA) is 49.4 Å². The number of rotatable bonds is 5. The quantitative estimate of drug-likeness (QED) is 0.795. The van der Waals surface area contributed by atoms with E-state index in [0.29, 0.717) is 17.0 Å². The Morgan fingerprint density at radius 3 is 2.61 bits per heavy atom. The Bertz CT molecular complexity index is 435. The zero-order valence-corrected chi connectivity index (χ0v) is 11.5. The van der Waals surface area contributed by atoms with Crippen molar-refractivity contribution in [2.75, 3.05) is 20.1 Å². The fourth-order valence-electron chi connectivity index (χ4n) is 1.47. The molecule has 0 heterocycles. The first-order valence-electron chi connectivity index (χ1n) is 5.86. The minimum absolute atomic E-state index is 0.0565. The predicted molar refractivity (Wildman–Crippen MR) is 74.0 cm³/mol. The van der Waals surface area contributed by atoms with Crippen LogP contribution in [0, 0.1) is 0 Å². The van der Waals surface area contributed by atoms with Gasteiger partial charge in [-0.05, 0) is 18.6 Å². The highest BCUT2D eigenvalue weighted by molar-refractivity contribution is 7.80. The number of likely N-dealkylation sites (N-methyl/N-ethyl adjacent to an activating group) is 1. The van der Waals surface area contributed by atoms with E-state index in [-0.39, 0.29) is 18.4 Å². The Morgan fingerprint density at radius 1 is 1.33 bits per heavy atom. The Kier molecular flexibility index (Phi) is 5.71. The summed E-state index contributed by atoms with van der Waals surface area (Å²) < 4.78 is 0. The zero-order chi connectivity index (χ0) is 13.5. The maximum absolute atomic E-state index is 12.1. The smallest absolute Gasteiger partial charge is 0.255 e. The summed E-state index contributed by atoms with van der Waals surface area (Å²) in [7, 11) is 1.61. The molecule has 0 spiro atoms. The molecule has 0 saturated carbocycles. The number of thiol groups is 1. The molecular weight excluding hydrogens is 248 g/mol. The Morgan fingerprint density at radius 2 is 2.00 bits per heavy atom. The number of nitrogens with zero attached hydrogens (tertiary/aromatic N) is 1. The molecule has 18 heavy (non-hydrogen) atoms. The second-order valence-corrected chi connectivity index (χ2v) is 4.51. The van der Waals surface area contributed by atoms with Crippen molar-refractivity contribution in [3.63, 3.8) is 0 Å². The molecule has 0 aliphatic carbocycles. The molecule has 1 rings (SSSR count). The molecule has 0 fully saturated rings.